The van der Waals surface area contributed by atoms with E-state index in [1.54, 1.807) is 22.7 Å². The van der Waals surface area contributed by atoms with Gasteiger partial charge in [-0.2, -0.15) is 4.31 Å². The normalized spacial score (nSPS) is 16.2. The van der Waals surface area contributed by atoms with Crippen LogP contribution in [-0.2, 0) is 17.1 Å². The van der Waals surface area contributed by atoms with Crippen LogP contribution in [0.15, 0.2) is 54.1 Å². The lowest BCUT2D eigenvalue weighted by Crippen LogP contribution is -2.37. The smallest absolute Gasteiger partial charge is 0.273 e. The third-order valence-electron chi connectivity index (χ3n) is 4.90. The number of hydrogen-bond acceptors (Lipinski definition) is 5. The Bertz CT molecular complexity index is 1120. The summed E-state index contributed by atoms with van der Waals surface area (Å²) in [7, 11) is -1.94. The van der Waals surface area contributed by atoms with Gasteiger partial charge in [-0.05, 0) is 17.9 Å². The highest BCUT2D eigenvalue weighted by atomic mass is 32.2. The molecule has 1 amide bonds. The van der Waals surface area contributed by atoms with E-state index in [0.29, 0.717) is 31.7 Å². The zero-order valence-electron chi connectivity index (χ0n) is 15.5. The first-order valence-corrected chi connectivity index (χ1v) is 10.5. The monoisotopic (exact) mass is 399 g/mol. The maximum absolute atomic E-state index is 13.1. The second-order valence-corrected chi connectivity index (χ2v) is 8.69. The minimum absolute atomic E-state index is 0.0329. The Kier molecular flexibility index (Phi) is 4.86. The van der Waals surface area contributed by atoms with Crippen LogP contribution >= 0.6 is 0 Å². The fraction of sp³-hybridized carbons (Fsp3) is 0.316. The van der Waals surface area contributed by atoms with Crippen LogP contribution in [0.4, 0.5) is 0 Å². The Morgan fingerprint density at radius 1 is 1.04 bits per heavy atom. The first kappa shape index (κ1) is 18.6. The van der Waals surface area contributed by atoms with Gasteiger partial charge in [0, 0.05) is 51.0 Å². The second kappa shape index (κ2) is 7.33. The summed E-state index contributed by atoms with van der Waals surface area (Å²) in [6, 6.07) is 9.49. The molecule has 1 aliphatic rings. The number of imidazole rings is 1. The Morgan fingerprint density at radius 3 is 2.64 bits per heavy atom. The van der Waals surface area contributed by atoms with Crippen molar-refractivity contribution < 1.29 is 13.2 Å². The van der Waals surface area contributed by atoms with E-state index in [-0.39, 0.29) is 17.5 Å². The predicted octanol–water partition coefficient (Wildman–Crippen LogP) is 1.51. The average Bonchev–Trinajstić information content (AvgIpc) is 2.99. The molecule has 0 aliphatic carbocycles. The molecule has 3 aromatic rings. The minimum atomic E-state index is -3.67. The zero-order chi connectivity index (χ0) is 19.7. The van der Waals surface area contributed by atoms with Crippen molar-refractivity contribution >= 4 is 26.7 Å². The molecule has 1 saturated heterocycles. The van der Waals surface area contributed by atoms with Gasteiger partial charge in [0.05, 0.1) is 6.33 Å². The molecular formula is C19H21N5O3S. The summed E-state index contributed by atoms with van der Waals surface area (Å²) in [5.74, 6) is -0.172. The number of carbonyl (C=O) groups excluding carboxylic acids is 1. The van der Waals surface area contributed by atoms with Crippen molar-refractivity contribution in [2.24, 2.45) is 7.05 Å². The highest BCUT2D eigenvalue weighted by Gasteiger charge is 2.30. The zero-order valence-corrected chi connectivity index (χ0v) is 16.3. The maximum atomic E-state index is 13.1. The molecule has 1 aromatic carbocycles. The summed E-state index contributed by atoms with van der Waals surface area (Å²) in [6.45, 7) is 1.38. The lowest BCUT2D eigenvalue weighted by molar-refractivity contribution is 0.0760. The summed E-state index contributed by atoms with van der Waals surface area (Å²) in [4.78, 5) is 23.0. The van der Waals surface area contributed by atoms with Crippen molar-refractivity contribution in [2.75, 3.05) is 26.2 Å². The van der Waals surface area contributed by atoms with Gasteiger partial charge in [-0.1, -0.05) is 24.3 Å². The first-order chi connectivity index (χ1) is 13.5. The third kappa shape index (κ3) is 3.38. The Labute approximate surface area is 163 Å². The highest BCUT2D eigenvalue weighted by molar-refractivity contribution is 7.89. The first-order valence-electron chi connectivity index (χ1n) is 9.08. The molecule has 3 heterocycles. The van der Waals surface area contributed by atoms with Crippen LogP contribution in [0.5, 0.6) is 0 Å². The van der Waals surface area contributed by atoms with Gasteiger partial charge < -0.3 is 9.47 Å². The number of fused-ring (bicyclic) bond motifs is 1. The molecule has 4 rings (SSSR count). The number of carbonyl (C=O) groups is 1. The van der Waals surface area contributed by atoms with Crippen molar-refractivity contribution in [1.82, 2.24) is 23.7 Å². The fourth-order valence-corrected chi connectivity index (χ4v) is 4.87. The van der Waals surface area contributed by atoms with E-state index in [1.165, 1.54) is 16.8 Å². The molecule has 0 N–H and O–H groups in total. The van der Waals surface area contributed by atoms with Crippen molar-refractivity contribution in [1.29, 1.82) is 0 Å². The molecule has 8 nitrogen and oxygen atoms in total. The van der Waals surface area contributed by atoms with Crippen molar-refractivity contribution in [3.63, 3.8) is 0 Å². The Balaban J connectivity index is 1.55. The molecule has 0 spiro atoms. The SMILES string of the molecule is Cn1cnc(S(=O)(=O)N2CCCN(C(=O)c3nccc4ccccc34)CC2)c1. The number of aryl methyl sites for hydroxylation is 1. The van der Waals surface area contributed by atoms with Gasteiger partial charge in [-0.3, -0.25) is 9.78 Å². The predicted molar refractivity (Wildman–Crippen MR) is 104 cm³/mol. The molecule has 0 bridgehead atoms. The third-order valence-corrected chi connectivity index (χ3v) is 6.69. The molecule has 1 aliphatic heterocycles. The number of amides is 1. The van der Waals surface area contributed by atoms with Gasteiger partial charge in [0.15, 0.2) is 5.03 Å². The minimum Gasteiger partial charge on any atom is -0.339 e. The van der Waals surface area contributed by atoms with Gasteiger partial charge in [-0.25, -0.2) is 13.4 Å². The summed E-state index contributed by atoms with van der Waals surface area (Å²) >= 11 is 0. The lowest BCUT2D eigenvalue weighted by Gasteiger charge is -2.21. The van der Waals surface area contributed by atoms with Crippen molar-refractivity contribution in [3.8, 4) is 0 Å². The van der Waals surface area contributed by atoms with Gasteiger partial charge in [0.25, 0.3) is 15.9 Å². The Morgan fingerprint density at radius 2 is 1.86 bits per heavy atom. The molecule has 0 atom stereocenters. The number of rotatable bonds is 3. The van der Waals surface area contributed by atoms with Crippen molar-refractivity contribution in [2.45, 2.75) is 11.4 Å². The van der Waals surface area contributed by atoms with Crippen LogP contribution in [0, 0.1) is 0 Å². The van der Waals surface area contributed by atoms with Gasteiger partial charge >= 0.3 is 0 Å². The molecule has 2 aromatic heterocycles. The van der Waals surface area contributed by atoms with Gasteiger partial charge in [0.1, 0.15) is 5.69 Å². The van der Waals surface area contributed by atoms with E-state index in [1.807, 2.05) is 30.3 Å². The summed E-state index contributed by atoms with van der Waals surface area (Å²) in [5, 5.41) is 1.79. The van der Waals surface area contributed by atoms with Gasteiger partial charge in [0.2, 0.25) is 0 Å². The number of sulfonamides is 1. The number of aromatic nitrogens is 3. The van der Waals surface area contributed by atoms with E-state index >= 15 is 0 Å². The lowest BCUT2D eigenvalue weighted by atomic mass is 10.1. The number of hydrogen-bond donors (Lipinski definition) is 0. The van der Waals surface area contributed by atoms with E-state index in [9.17, 15) is 13.2 Å². The van der Waals surface area contributed by atoms with Crippen molar-refractivity contribution in [3.05, 3.63) is 54.7 Å². The maximum Gasteiger partial charge on any atom is 0.273 e. The summed E-state index contributed by atoms with van der Waals surface area (Å²) in [5.41, 5.74) is 0.402. The summed E-state index contributed by atoms with van der Waals surface area (Å²) in [6.07, 6.45) is 5.14. The van der Waals surface area contributed by atoms with Crippen LogP contribution in [0.3, 0.4) is 0 Å². The largest absolute Gasteiger partial charge is 0.339 e. The molecule has 0 unspecified atom stereocenters. The number of pyridine rings is 1. The van der Waals surface area contributed by atoms with Crippen LogP contribution in [0.1, 0.15) is 16.9 Å². The molecule has 0 radical (unpaired) electrons. The molecule has 146 valence electrons. The van der Waals surface area contributed by atoms with E-state index in [0.717, 1.165) is 10.8 Å². The molecule has 9 heteroatoms. The highest BCUT2D eigenvalue weighted by Crippen LogP contribution is 2.20. The van der Waals surface area contributed by atoms with E-state index in [4.69, 9.17) is 0 Å². The van der Waals surface area contributed by atoms with E-state index in [2.05, 4.69) is 9.97 Å². The summed E-state index contributed by atoms with van der Waals surface area (Å²) < 4.78 is 28.6. The number of benzene rings is 1. The van der Waals surface area contributed by atoms with Crippen LogP contribution in [0.2, 0.25) is 0 Å². The topological polar surface area (TPSA) is 88.4 Å². The van der Waals surface area contributed by atoms with Gasteiger partial charge in [-0.15, -0.1) is 0 Å². The standard InChI is InChI=1S/C19H21N5O3S/c1-22-13-17(21-14-22)28(26,27)24-10-4-9-23(11-12-24)19(25)18-16-6-3-2-5-15(16)7-8-20-18/h2-3,5-8,13-14H,4,9-12H2,1H3. The molecule has 0 saturated carbocycles. The molecular weight excluding hydrogens is 378 g/mol. The quantitative estimate of drug-likeness (QED) is 0.666. The number of nitrogens with zero attached hydrogens (tertiary/aromatic N) is 5. The average molecular weight is 399 g/mol. The molecule has 1 fully saturated rings. The van der Waals surface area contributed by atoms with Crippen LogP contribution in [-0.4, -0.2) is 64.2 Å². The Hall–Kier alpha value is -2.78. The van der Waals surface area contributed by atoms with Crippen LogP contribution < -0.4 is 0 Å². The second-order valence-electron chi connectivity index (χ2n) is 6.81. The molecule has 28 heavy (non-hydrogen) atoms. The fourth-order valence-electron chi connectivity index (χ4n) is 3.43. The van der Waals surface area contributed by atoms with Crippen LogP contribution in [0.25, 0.3) is 10.8 Å². The van der Waals surface area contributed by atoms with E-state index < -0.39 is 10.0 Å².